The van der Waals surface area contributed by atoms with Crippen LogP contribution in [0.15, 0.2) is 40.9 Å². The summed E-state index contributed by atoms with van der Waals surface area (Å²) >= 11 is 3.13. The van der Waals surface area contributed by atoms with Crippen molar-refractivity contribution in [2.45, 2.75) is 6.92 Å². The van der Waals surface area contributed by atoms with Gasteiger partial charge in [0.25, 0.3) is 5.91 Å². The summed E-state index contributed by atoms with van der Waals surface area (Å²) in [6.45, 7) is 1.73. The first kappa shape index (κ1) is 13.5. The lowest BCUT2D eigenvalue weighted by Gasteiger charge is -2.07. The van der Waals surface area contributed by atoms with Crippen LogP contribution in [0.25, 0.3) is 0 Å². The number of phenols is 1. The topological polar surface area (TPSA) is 49.3 Å². The predicted octanol–water partition coefficient (Wildman–Crippen LogP) is 3.85. The molecule has 0 fully saturated rings. The number of hydrogen-bond donors (Lipinski definition) is 2. The van der Waals surface area contributed by atoms with Gasteiger partial charge in [-0.25, -0.2) is 4.39 Å². The van der Waals surface area contributed by atoms with Crippen LogP contribution in [0, 0.1) is 12.7 Å². The Bertz CT molecular complexity index is 623. The first-order chi connectivity index (χ1) is 8.95. The molecule has 98 valence electrons. The maximum atomic E-state index is 13.2. The highest BCUT2D eigenvalue weighted by molar-refractivity contribution is 9.10. The molecular weight excluding hydrogens is 313 g/mol. The van der Waals surface area contributed by atoms with Crippen LogP contribution < -0.4 is 5.32 Å². The van der Waals surface area contributed by atoms with Gasteiger partial charge in [-0.05, 0) is 48.9 Å². The highest BCUT2D eigenvalue weighted by Gasteiger charge is 2.09. The van der Waals surface area contributed by atoms with E-state index < -0.39 is 11.7 Å². The van der Waals surface area contributed by atoms with Crippen molar-refractivity contribution < 1.29 is 14.3 Å². The van der Waals surface area contributed by atoms with Crippen molar-refractivity contribution in [3.8, 4) is 5.75 Å². The zero-order valence-corrected chi connectivity index (χ0v) is 11.7. The van der Waals surface area contributed by atoms with Crippen molar-refractivity contribution in [1.82, 2.24) is 0 Å². The van der Waals surface area contributed by atoms with Gasteiger partial charge >= 0.3 is 0 Å². The minimum atomic E-state index is -0.485. The number of halogens is 2. The van der Waals surface area contributed by atoms with Crippen molar-refractivity contribution in [3.05, 3.63) is 57.8 Å². The summed E-state index contributed by atoms with van der Waals surface area (Å²) in [5, 5.41) is 12.0. The van der Waals surface area contributed by atoms with Gasteiger partial charge in [0.2, 0.25) is 0 Å². The third-order valence-corrected chi connectivity index (χ3v) is 3.04. The van der Waals surface area contributed by atoms with Crippen LogP contribution >= 0.6 is 15.9 Å². The molecule has 0 atom stereocenters. The summed E-state index contributed by atoms with van der Waals surface area (Å²) in [5.41, 5.74) is 1.41. The molecule has 2 aromatic carbocycles. The predicted molar refractivity (Wildman–Crippen MR) is 74.9 cm³/mol. The molecule has 3 nitrogen and oxygen atoms in total. The van der Waals surface area contributed by atoms with E-state index in [0.717, 1.165) is 6.07 Å². The molecule has 0 bridgehead atoms. The summed E-state index contributed by atoms with van der Waals surface area (Å²) in [6, 6.07) is 8.68. The van der Waals surface area contributed by atoms with Crippen molar-refractivity contribution in [2.75, 3.05) is 5.32 Å². The van der Waals surface area contributed by atoms with Gasteiger partial charge in [0.15, 0.2) is 0 Å². The summed E-state index contributed by atoms with van der Waals surface area (Å²) in [5.74, 6) is -0.738. The number of anilines is 1. The summed E-state index contributed by atoms with van der Waals surface area (Å²) in [7, 11) is 0. The normalized spacial score (nSPS) is 10.3. The molecule has 0 aromatic heterocycles. The SMILES string of the molecule is Cc1cc(NC(=O)c2cc(F)cc(Br)c2)ccc1O. The molecule has 1 amide bonds. The van der Waals surface area contributed by atoms with E-state index in [2.05, 4.69) is 21.2 Å². The molecule has 5 heteroatoms. The highest BCUT2D eigenvalue weighted by atomic mass is 79.9. The number of carbonyl (C=O) groups excluding carboxylic acids is 1. The van der Waals surface area contributed by atoms with E-state index in [-0.39, 0.29) is 11.3 Å². The van der Waals surface area contributed by atoms with Gasteiger partial charge in [0.05, 0.1) is 0 Å². The molecule has 19 heavy (non-hydrogen) atoms. The molecule has 2 aromatic rings. The summed E-state index contributed by atoms with van der Waals surface area (Å²) in [4.78, 5) is 12.0. The quantitative estimate of drug-likeness (QED) is 0.824. The number of rotatable bonds is 2. The van der Waals surface area contributed by atoms with E-state index in [1.54, 1.807) is 19.1 Å². The van der Waals surface area contributed by atoms with Crippen LogP contribution in [-0.2, 0) is 0 Å². The maximum Gasteiger partial charge on any atom is 0.255 e. The van der Waals surface area contributed by atoms with Crippen LogP contribution in [0.5, 0.6) is 5.75 Å². The fourth-order valence-electron chi connectivity index (χ4n) is 1.62. The van der Waals surface area contributed by atoms with Crippen LogP contribution in [0.3, 0.4) is 0 Å². The number of amides is 1. The fourth-order valence-corrected chi connectivity index (χ4v) is 2.09. The van der Waals surface area contributed by atoms with Crippen molar-refractivity contribution >= 4 is 27.5 Å². The molecule has 0 aliphatic heterocycles. The molecule has 0 saturated carbocycles. The third kappa shape index (κ3) is 3.32. The van der Waals surface area contributed by atoms with Crippen LogP contribution in [-0.4, -0.2) is 11.0 Å². The first-order valence-corrected chi connectivity index (χ1v) is 6.32. The van der Waals surface area contributed by atoms with E-state index in [0.29, 0.717) is 15.7 Å². The lowest BCUT2D eigenvalue weighted by Crippen LogP contribution is -2.12. The van der Waals surface area contributed by atoms with Gasteiger partial charge < -0.3 is 10.4 Å². The standard InChI is InChI=1S/C14H11BrFNO2/c1-8-4-12(2-3-13(8)18)17-14(19)9-5-10(15)7-11(16)6-9/h2-7,18H,1H3,(H,17,19). The lowest BCUT2D eigenvalue weighted by atomic mass is 10.1. The Hall–Kier alpha value is -1.88. The van der Waals surface area contributed by atoms with E-state index in [9.17, 15) is 14.3 Å². The van der Waals surface area contributed by atoms with Crippen LogP contribution in [0.2, 0.25) is 0 Å². The number of aryl methyl sites for hydroxylation is 1. The number of hydrogen-bond acceptors (Lipinski definition) is 2. The summed E-state index contributed by atoms with van der Waals surface area (Å²) < 4.78 is 13.7. The van der Waals surface area contributed by atoms with Crippen molar-refractivity contribution in [2.24, 2.45) is 0 Å². The number of phenolic OH excluding ortho intramolecular Hbond substituents is 1. The fraction of sp³-hybridized carbons (Fsp3) is 0.0714. The molecule has 0 unspecified atom stereocenters. The Morgan fingerprint density at radius 2 is 2.00 bits per heavy atom. The average Bonchev–Trinajstić information content (AvgIpc) is 2.32. The Labute approximate surface area is 118 Å². The lowest BCUT2D eigenvalue weighted by molar-refractivity contribution is 0.102. The van der Waals surface area contributed by atoms with E-state index >= 15 is 0 Å². The molecule has 2 rings (SSSR count). The van der Waals surface area contributed by atoms with Crippen LogP contribution in [0.4, 0.5) is 10.1 Å². The number of benzene rings is 2. The second kappa shape index (κ2) is 5.40. The molecule has 0 spiro atoms. The second-order valence-corrected chi connectivity index (χ2v) is 5.03. The minimum Gasteiger partial charge on any atom is -0.508 e. The number of nitrogens with one attached hydrogen (secondary N) is 1. The molecule has 0 radical (unpaired) electrons. The molecule has 0 heterocycles. The van der Waals surface area contributed by atoms with Gasteiger partial charge in [-0.15, -0.1) is 0 Å². The largest absolute Gasteiger partial charge is 0.508 e. The molecule has 2 N–H and O–H groups in total. The number of carbonyl (C=O) groups is 1. The van der Waals surface area contributed by atoms with Gasteiger partial charge in [-0.2, -0.15) is 0 Å². The smallest absolute Gasteiger partial charge is 0.255 e. The zero-order chi connectivity index (χ0) is 14.0. The Balaban J connectivity index is 2.22. The molecule has 0 aliphatic carbocycles. The van der Waals surface area contributed by atoms with Crippen LogP contribution in [0.1, 0.15) is 15.9 Å². The summed E-state index contributed by atoms with van der Waals surface area (Å²) in [6.07, 6.45) is 0. The third-order valence-electron chi connectivity index (χ3n) is 2.58. The maximum absolute atomic E-state index is 13.2. The van der Waals surface area contributed by atoms with Gasteiger partial charge in [0.1, 0.15) is 11.6 Å². The Morgan fingerprint density at radius 3 is 2.63 bits per heavy atom. The van der Waals surface area contributed by atoms with Gasteiger partial charge in [0, 0.05) is 15.7 Å². The average molecular weight is 324 g/mol. The van der Waals surface area contributed by atoms with E-state index in [1.807, 2.05) is 0 Å². The van der Waals surface area contributed by atoms with Gasteiger partial charge in [-0.3, -0.25) is 4.79 Å². The molecule has 0 aliphatic rings. The minimum absolute atomic E-state index is 0.159. The molecular formula is C14H11BrFNO2. The highest BCUT2D eigenvalue weighted by Crippen LogP contribution is 2.21. The van der Waals surface area contributed by atoms with Gasteiger partial charge in [-0.1, -0.05) is 15.9 Å². The number of aromatic hydroxyl groups is 1. The first-order valence-electron chi connectivity index (χ1n) is 5.53. The van der Waals surface area contributed by atoms with E-state index in [1.165, 1.54) is 18.2 Å². The molecule has 0 saturated heterocycles. The monoisotopic (exact) mass is 323 g/mol. The van der Waals surface area contributed by atoms with Crippen molar-refractivity contribution in [1.29, 1.82) is 0 Å². The van der Waals surface area contributed by atoms with Crippen molar-refractivity contribution in [3.63, 3.8) is 0 Å². The van der Waals surface area contributed by atoms with E-state index in [4.69, 9.17) is 0 Å². The Kier molecular flexibility index (Phi) is 3.85. The Morgan fingerprint density at radius 1 is 1.26 bits per heavy atom. The zero-order valence-electron chi connectivity index (χ0n) is 10.1. The second-order valence-electron chi connectivity index (χ2n) is 4.11.